The van der Waals surface area contributed by atoms with Crippen molar-refractivity contribution >= 4 is 0 Å². The van der Waals surface area contributed by atoms with Crippen molar-refractivity contribution in [1.29, 1.82) is 0 Å². The van der Waals surface area contributed by atoms with Crippen LogP contribution in [-0.4, -0.2) is 22.5 Å². The van der Waals surface area contributed by atoms with Crippen LogP contribution in [0.2, 0.25) is 0 Å². The fourth-order valence-electron chi connectivity index (χ4n) is 2.15. The van der Waals surface area contributed by atoms with Gasteiger partial charge in [0.15, 0.2) is 0 Å². The maximum atomic E-state index is 5.71. The molecule has 0 amide bonds. The highest BCUT2D eigenvalue weighted by Gasteiger charge is 2.21. The molecule has 1 aromatic heterocycles. The molecule has 0 aliphatic carbocycles. The molecule has 2 heterocycles. The summed E-state index contributed by atoms with van der Waals surface area (Å²) in [6, 6.07) is 2.08. The third-order valence-corrected chi connectivity index (χ3v) is 3.07. The molecule has 3 N–H and O–H groups in total. The zero-order chi connectivity index (χ0) is 11.4. The van der Waals surface area contributed by atoms with Gasteiger partial charge in [0.1, 0.15) is 0 Å². The summed E-state index contributed by atoms with van der Waals surface area (Å²) in [4.78, 5) is 0. The van der Waals surface area contributed by atoms with Crippen molar-refractivity contribution < 1.29 is 4.74 Å². The van der Waals surface area contributed by atoms with Gasteiger partial charge in [-0.2, -0.15) is 5.10 Å². The summed E-state index contributed by atoms with van der Waals surface area (Å²) in [5.74, 6) is 5.58. The van der Waals surface area contributed by atoms with Crippen molar-refractivity contribution in [2.24, 2.45) is 12.9 Å². The normalized spacial score (nSPS) is 23.2. The van der Waals surface area contributed by atoms with Crippen LogP contribution in [0.1, 0.15) is 37.4 Å². The number of nitrogens with one attached hydrogen (secondary N) is 1. The minimum atomic E-state index is 0.0873. The van der Waals surface area contributed by atoms with Crippen LogP contribution in [0.4, 0.5) is 0 Å². The van der Waals surface area contributed by atoms with Gasteiger partial charge in [0.05, 0.1) is 17.8 Å². The molecular formula is C11H20N4O. The molecule has 1 aliphatic heterocycles. The maximum absolute atomic E-state index is 5.71. The number of nitrogens with two attached hydrogens (primary N) is 1. The predicted molar refractivity (Wildman–Crippen MR) is 61.5 cm³/mol. The highest BCUT2D eigenvalue weighted by molar-refractivity contribution is 5.05. The lowest BCUT2D eigenvalue weighted by molar-refractivity contribution is 0.00474. The fraction of sp³-hybridized carbons (Fsp3) is 0.727. The van der Waals surface area contributed by atoms with Crippen LogP contribution in [-0.2, 0) is 11.8 Å². The molecule has 5 nitrogen and oxygen atoms in total. The molecular weight excluding hydrogens is 204 g/mol. The summed E-state index contributed by atoms with van der Waals surface area (Å²) >= 11 is 0. The maximum Gasteiger partial charge on any atom is 0.0808 e. The Hall–Kier alpha value is -0.910. The van der Waals surface area contributed by atoms with Gasteiger partial charge in [-0.3, -0.25) is 16.0 Å². The van der Waals surface area contributed by atoms with Crippen LogP contribution in [0.15, 0.2) is 12.3 Å². The van der Waals surface area contributed by atoms with Gasteiger partial charge in [0.25, 0.3) is 0 Å². The van der Waals surface area contributed by atoms with Gasteiger partial charge in [-0.15, -0.1) is 0 Å². The smallest absolute Gasteiger partial charge is 0.0808 e. The third kappa shape index (κ3) is 2.81. The Balaban J connectivity index is 1.94. The number of hydrazine groups is 1. The third-order valence-electron chi connectivity index (χ3n) is 3.07. The zero-order valence-corrected chi connectivity index (χ0v) is 9.72. The molecule has 90 valence electrons. The second kappa shape index (κ2) is 5.43. The first-order valence-corrected chi connectivity index (χ1v) is 5.87. The number of hydrogen-bond donors (Lipinski definition) is 2. The van der Waals surface area contributed by atoms with Crippen LogP contribution in [0.25, 0.3) is 0 Å². The molecule has 16 heavy (non-hydrogen) atoms. The Morgan fingerprint density at radius 1 is 1.69 bits per heavy atom. The largest absolute Gasteiger partial charge is 0.378 e. The van der Waals surface area contributed by atoms with Crippen LogP contribution in [0.5, 0.6) is 0 Å². The summed E-state index contributed by atoms with van der Waals surface area (Å²) in [6.45, 7) is 0.879. The quantitative estimate of drug-likeness (QED) is 0.588. The number of aryl methyl sites for hydroxylation is 1. The Bertz CT molecular complexity index is 320. The highest BCUT2D eigenvalue weighted by atomic mass is 16.5. The number of hydrogen-bond acceptors (Lipinski definition) is 4. The van der Waals surface area contributed by atoms with Gasteiger partial charge in [-0.05, 0) is 31.7 Å². The lowest BCUT2D eigenvalue weighted by Crippen LogP contribution is -2.33. The zero-order valence-electron chi connectivity index (χ0n) is 9.72. The van der Waals surface area contributed by atoms with E-state index < -0.39 is 0 Å². The summed E-state index contributed by atoms with van der Waals surface area (Å²) in [6.07, 6.45) is 6.71. The molecule has 2 atom stereocenters. The molecule has 2 rings (SSSR count). The summed E-state index contributed by atoms with van der Waals surface area (Å²) in [5, 5.41) is 4.37. The summed E-state index contributed by atoms with van der Waals surface area (Å²) in [5.41, 5.74) is 3.81. The number of ether oxygens (including phenoxy) is 1. The standard InChI is InChI=1S/C11H20N4O/c1-15-6-5-10(14-15)11(13-12)8-9-4-2-3-7-16-9/h5-6,9,11,13H,2-4,7-8,12H2,1H3. The Morgan fingerprint density at radius 3 is 3.12 bits per heavy atom. The van der Waals surface area contributed by atoms with Crippen molar-refractivity contribution in [2.45, 2.75) is 37.8 Å². The Kier molecular flexibility index (Phi) is 3.93. The molecule has 1 aliphatic rings. The summed E-state index contributed by atoms with van der Waals surface area (Å²) in [7, 11) is 1.91. The van der Waals surface area contributed by atoms with Crippen LogP contribution < -0.4 is 11.3 Å². The van der Waals surface area contributed by atoms with Crippen molar-refractivity contribution in [3.63, 3.8) is 0 Å². The molecule has 0 bridgehead atoms. The molecule has 1 fully saturated rings. The van der Waals surface area contributed by atoms with Crippen molar-refractivity contribution in [1.82, 2.24) is 15.2 Å². The van der Waals surface area contributed by atoms with E-state index in [9.17, 15) is 0 Å². The van der Waals surface area contributed by atoms with Gasteiger partial charge in [0.2, 0.25) is 0 Å². The Labute approximate surface area is 95.9 Å². The minimum absolute atomic E-state index is 0.0873. The van der Waals surface area contributed by atoms with Gasteiger partial charge in [0, 0.05) is 19.9 Å². The monoisotopic (exact) mass is 224 g/mol. The van der Waals surface area contributed by atoms with Crippen LogP contribution in [0.3, 0.4) is 0 Å². The van der Waals surface area contributed by atoms with E-state index in [1.165, 1.54) is 12.8 Å². The van der Waals surface area contributed by atoms with Crippen molar-refractivity contribution in [3.05, 3.63) is 18.0 Å². The van der Waals surface area contributed by atoms with Crippen molar-refractivity contribution in [2.75, 3.05) is 6.61 Å². The van der Waals surface area contributed by atoms with Gasteiger partial charge in [-0.25, -0.2) is 0 Å². The first-order valence-electron chi connectivity index (χ1n) is 5.87. The van der Waals surface area contributed by atoms with E-state index in [0.717, 1.165) is 25.1 Å². The SMILES string of the molecule is Cn1ccc(C(CC2CCCCO2)NN)n1. The fourth-order valence-corrected chi connectivity index (χ4v) is 2.15. The average molecular weight is 224 g/mol. The van der Waals surface area contributed by atoms with E-state index in [-0.39, 0.29) is 6.04 Å². The average Bonchev–Trinajstić information content (AvgIpc) is 2.74. The lowest BCUT2D eigenvalue weighted by atomic mass is 10.0. The van der Waals surface area contributed by atoms with E-state index in [4.69, 9.17) is 10.6 Å². The van der Waals surface area contributed by atoms with Gasteiger partial charge < -0.3 is 4.74 Å². The van der Waals surface area contributed by atoms with Crippen molar-refractivity contribution in [3.8, 4) is 0 Å². The molecule has 1 saturated heterocycles. The Morgan fingerprint density at radius 2 is 2.56 bits per heavy atom. The van der Waals surface area contributed by atoms with E-state index >= 15 is 0 Å². The van der Waals surface area contributed by atoms with E-state index in [1.807, 2.05) is 19.3 Å². The second-order valence-corrected chi connectivity index (χ2v) is 4.36. The molecule has 0 saturated carbocycles. The predicted octanol–water partition coefficient (Wildman–Crippen LogP) is 0.884. The van der Waals surface area contributed by atoms with Crippen LogP contribution in [0, 0.1) is 0 Å². The van der Waals surface area contributed by atoms with E-state index in [1.54, 1.807) is 4.68 Å². The van der Waals surface area contributed by atoms with E-state index in [0.29, 0.717) is 6.10 Å². The molecule has 0 radical (unpaired) electrons. The van der Waals surface area contributed by atoms with Crippen LogP contribution >= 0.6 is 0 Å². The number of nitrogens with zero attached hydrogens (tertiary/aromatic N) is 2. The molecule has 2 unspecified atom stereocenters. The van der Waals surface area contributed by atoms with Gasteiger partial charge >= 0.3 is 0 Å². The first kappa shape index (κ1) is 11.6. The van der Waals surface area contributed by atoms with Gasteiger partial charge in [-0.1, -0.05) is 0 Å². The number of aromatic nitrogens is 2. The highest BCUT2D eigenvalue weighted by Crippen LogP contribution is 2.23. The summed E-state index contributed by atoms with van der Waals surface area (Å²) < 4.78 is 7.50. The molecule has 0 aromatic carbocycles. The van der Waals surface area contributed by atoms with E-state index in [2.05, 4.69) is 10.5 Å². The topological polar surface area (TPSA) is 65.1 Å². The molecule has 0 spiro atoms. The molecule has 5 heteroatoms. The molecule has 1 aromatic rings. The minimum Gasteiger partial charge on any atom is -0.378 e. The first-order chi connectivity index (χ1) is 7.79. The lowest BCUT2D eigenvalue weighted by Gasteiger charge is -2.25. The second-order valence-electron chi connectivity index (χ2n) is 4.36. The number of rotatable bonds is 4.